The molecule has 0 bridgehead atoms. The van der Waals surface area contributed by atoms with Crippen LogP contribution in [0.4, 0.5) is 14.5 Å². The largest absolute Gasteiger partial charge is 0.490 e. The molecule has 0 spiro atoms. The van der Waals surface area contributed by atoms with Crippen molar-refractivity contribution in [3.63, 3.8) is 0 Å². The second-order valence-corrected chi connectivity index (χ2v) is 4.48. The zero-order valence-electron chi connectivity index (χ0n) is 8.83. The number of aromatic nitrogens is 1. The summed E-state index contributed by atoms with van der Waals surface area (Å²) in [6.07, 6.45) is -3.12. The van der Waals surface area contributed by atoms with Crippen LogP contribution >= 0.6 is 0 Å². The minimum atomic E-state index is -4.63. The van der Waals surface area contributed by atoms with E-state index in [-0.39, 0.29) is 0 Å². The van der Waals surface area contributed by atoms with Crippen molar-refractivity contribution in [2.45, 2.75) is 11.5 Å². The molecular weight excluding hydrogens is 276 g/mol. The third-order valence-electron chi connectivity index (χ3n) is 1.84. The van der Waals surface area contributed by atoms with Crippen molar-refractivity contribution in [1.29, 1.82) is 0 Å². The molecule has 11 heteroatoms. The molecule has 1 rings (SSSR count). The molecule has 0 atom stereocenters. The highest BCUT2D eigenvalue weighted by molar-refractivity contribution is 7.89. The molecule has 0 aliphatic rings. The van der Waals surface area contributed by atoms with Gasteiger partial charge < -0.3 is 4.74 Å². The van der Waals surface area contributed by atoms with Gasteiger partial charge in [0.1, 0.15) is 5.69 Å². The molecule has 0 amide bonds. The van der Waals surface area contributed by atoms with Crippen molar-refractivity contribution in [3.8, 4) is 5.75 Å². The van der Waals surface area contributed by atoms with Gasteiger partial charge in [-0.25, -0.2) is 27.3 Å². The van der Waals surface area contributed by atoms with Crippen molar-refractivity contribution in [2.75, 3.05) is 7.11 Å². The summed E-state index contributed by atoms with van der Waals surface area (Å²) in [6, 6.07) is 0.581. The van der Waals surface area contributed by atoms with Gasteiger partial charge in [0.05, 0.1) is 12.0 Å². The maximum absolute atomic E-state index is 12.5. The van der Waals surface area contributed by atoms with E-state index in [1.165, 1.54) is 0 Å². The van der Waals surface area contributed by atoms with Crippen LogP contribution in [0.25, 0.3) is 0 Å². The number of nitro groups is 1. The molecule has 0 saturated heterocycles. The molecule has 0 aliphatic heterocycles. The van der Waals surface area contributed by atoms with Gasteiger partial charge in [-0.2, -0.15) is 0 Å². The van der Waals surface area contributed by atoms with Gasteiger partial charge in [0.2, 0.25) is 5.75 Å². The lowest BCUT2D eigenvalue weighted by atomic mass is 10.3. The lowest BCUT2D eigenvalue weighted by Gasteiger charge is -2.07. The Bertz CT molecular complexity index is 589. The number of nitrogens with zero attached hydrogens (tertiary/aromatic N) is 2. The monoisotopic (exact) mass is 283 g/mol. The molecule has 0 fully saturated rings. The van der Waals surface area contributed by atoms with Crippen LogP contribution < -0.4 is 9.88 Å². The van der Waals surface area contributed by atoms with Gasteiger partial charge in [-0.05, 0) is 0 Å². The maximum atomic E-state index is 12.5. The number of methoxy groups -OCH3 is 1. The fraction of sp³-hybridized carbons (Fsp3) is 0.286. The minimum Gasteiger partial charge on any atom is -0.490 e. The van der Waals surface area contributed by atoms with Crippen molar-refractivity contribution >= 4 is 15.7 Å². The summed E-state index contributed by atoms with van der Waals surface area (Å²) in [4.78, 5) is 12.6. The molecule has 0 aliphatic carbocycles. The summed E-state index contributed by atoms with van der Waals surface area (Å²) in [6.45, 7) is 0. The van der Waals surface area contributed by atoms with Crippen molar-refractivity contribution in [2.24, 2.45) is 5.14 Å². The first-order chi connectivity index (χ1) is 8.18. The average Bonchev–Trinajstić information content (AvgIpc) is 2.25. The molecule has 0 unspecified atom stereocenters. The van der Waals surface area contributed by atoms with Crippen molar-refractivity contribution < 1.29 is 26.9 Å². The lowest BCUT2D eigenvalue weighted by Crippen LogP contribution is -2.17. The molecule has 18 heavy (non-hydrogen) atoms. The highest BCUT2D eigenvalue weighted by Crippen LogP contribution is 2.35. The van der Waals surface area contributed by atoms with E-state index < -0.39 is 43.5 Å². The summed E-state index contributed by atoms with van der Waals surface area (Å²) >= 11 is 0. The minimum absolute atomic E-state index is 0.581. The zero-order chi connectivity index (χ0) is 14.1. The van der Waals surface area contributed by atoms with Gasteiger partial charge in [0, 0.05) is 6.07 Å². The smallest absolute Gasteiger partial charge is 0.349 e. The Morgan fingerprint density at radius 3 is 2.44 bits per heavy atom. The number of alkyl halides is 2. The summed E-state index contributed by atoms with van der Waals surface area (Å²) < 4.78 is 51.6. The van der Waals surface area contributed by atoms with Crippen LogP contribution in [0.15, 0.2) is 11.1 Å². The number of ether oxygens (including phenoxy) is 1. The second kappa shape index (κ2) is 4.78. The van der Waals surface area contributed by atoms with Gasteiger partial charge in [0.15, 0.2) is 0 Å². The summed E-state index contributed by atoms with van der Waals surface area (Å²) in [5, 5.41) is 14.1. The number of rotatable bonds is 4. The van der Waals surface area contributed by atoms with Crippen LogP contribution in [0, 0.1) is 10.1 Å². The van der Waals surface area contributed by atoms with Crippen molar-refractivity contribution in [1.82, 2.24) is 4.98 Å². The van der Waals surface area contributed by atoms with E-state index in [2.05, 4.69) is 9.72 Å². The van der Waals surface area contributed by atoms with Crippen LogP contribution in [0.5, 0.6) is 5.75 Å². The fourth-order valence-corrected chi connectivity index (χ4v) is 1.82. The Morgan fingerprint density at radius 1 is 1.56 bits per heavy atom. The predicted octanol–water partition coefficient (Wildman–Crippen LogP) is 0.583. The van der Waals surface area contributed by atoms with Gasteiger partial charge in [-0.15, -0.1) is 0 Å². The third-order valence-corrected chi connectivity index (χ3v) is 2.66. The van der Waals surface area contributed by atoms with E-state index in [1.54, 1.807) is 0 Å². The quantitative estimate of drug-likeness (QED) is 0.636. The molecule has 8 nitrogen and oxygen atoms in total. The Kier molecular flexibility index (Phi) is 3.76. The van der Waals surface area contributed by atoms with E-state index in [4.69, 9.17) is 5.14 Å². The molecule has 2 N–H and O–H groups in total. The van der Waals surface area contributed by atoms with E-state index in [1.807, 2.05) is 0 Å². The molecule has 0 aromatic carbocycles. The predicted molar refractivity (Wildman–Crippen MR) is 53.8 cm³/mol. The fourth-order valence-electron chi connectivity index (χ4n) is 1.14. The van der Waals surface area contributed by atoms with Gasteiger partial charge >= 0.3 is 5.69 Å². The molecule has 0 radical (unpaired) electrons. The third kappa shape index (κ3) is 2.68. The number of pyridine rings is 1. The molecule has 100 valence electrons. The van der Waals surface area contributed by atoms with Crippen LogP contribution in [0.3, 0.4) is 0 Å². The van der Waals surface area contributed by atoms with E-state index >= 15 is 0 Å². The summed E-state index contributed by atoms with van der Waals surface area (Å²) in [5.41, 5.74) is -2.06. The van der Waals surface area contributed by atoms with Gasteiger partial charge in [0.25, 0.3) is 21.5 Å². The molecule has 1 aromatic rings. The Hall–Kier alpha value is -1.88. The summed E-state index contributed by atoms with van der Waals surface area (Å²) in [7, 11) is -3.67. The van der Waals surface area contributed by atoms with Crippen LogP contribution in [0.2, 0.25) is 0 Å². The molecule has 0 saturated carbocycles. The van der Waals surface area contributed by atoms with Crippen LogP contribution in [-0.4, -0.2) is 25.4 Å². The Balaban J connectivity index is 3.74. The number of sulfonamides is 1. The van der Waals surface area contributed by atoms with Gasteiger partial charge in [-0.3, -0.25) is 10.1 Å². The first kappa shape index (κ1) is 14.2. The number of hydrogen-bond donors (Lipinski definition) is 1. The number of hydrogen-bond acceptors (Lipinski definition) is 6. The summed E-state index contributed by atoms with van der Waals surface area (Å²) in [5.74, 6) is -0.658. The van der Waals surface area contributed by atoms with E-state index in [0.29, 0.717) is 6.07 Å². The van der Waals surface area contributed by atoms with Crippen LogP contribution in [-0.2, 0) is 10.0 Å². The van der Waals surface area contributed by atoms with Crippen molar-refractivity contribution in [3.05, 3.63) is 21.9 Å². The first-order valence-electron chi connectivity index (χ1n) is 4.22. The Morgan fingerprint density at radius 2 is 2.11 bits per heavy atom. The topological polar surface area (TPSA) is 125 Å². The highest BCUT2D eigenvalue weighted by Gasteiger charge is 2.32. The normalized spacial score (nSPS) is 11.6. The molecule has 1 aromatic heterocycles. The number of primary sulfonamides is 1. The molecular formula is C7H7F2N3O5S. The SMILES string of the molecule is COc1cc(C(F)F)nc(S(N)(=O)=O)c1[N+](=O)[O-]. The number of halogens is 2. The van der Waals surface area contributed by atoms with Crippen LogP contribution in [0.1, 0.15) is 12.1 Å². The first-order valence-corrected chi connectivity index (χ1v) is 5.77. The van der Waals surface area contributed by atoms with E-state index in [9.17, 15) is 27.3 Å². The molecule has 1 heterocycles. The highest BCUT2D eigenvalue weighted by atomic mass is 32.2. The van der Waals surface area contributed by atoms with E-state index in [0.717, 1.165) is 7.11 Å². The average molecular weight is 283 g/mol. The zero-order valence-corrected chi connectivity index (χ0v) is 9.65. The number of nitrogens with two attached hydrogens (primary N) is 1. The maximum Gasteiger partial charge on any atom is 0.349 e. The van der Waals surface area contributed by atoms with Gasteiger partial charge in [-0.1, -0.05) is 0 Å². The lowest BCUT2D eigenvalue weighted by molar-refractivity contribution is -0.389. The standard InChI is InChI=1S/C7H7F2N3O5S/c1-17-4-2-3(6(8)9)11-7(18(10,15)16)5(4)12(13)14/h2,6H,1H3,(H2,10,15,16). The Labute approximate surface area is 99.6 Å². The second-order valence-electron chi connectivity index (χ2n) is 3.01.